The third-order valence-corrected chi connectivity index (χ3v) is 3.32. The molecule has 2 aromatic rings. The highest BCUT2D eigenvalue weighted by Crippen LogP contribution is 2.28. The van der Waals surface area contributed by atoms with Gasteiger partial charge in [-0.25, -0.2) is 4.39 Å². The van der Waals surface area contributed by atoms with E-state index in [2.05, 4.69) is 5.32 Å². The van der Waals surface area contributed by atoms with Crippen molar-refractivity contribution in [1.82, 2.24) is 0 Å². The number of carbonyl (C=O) groups is 1. The molecule has 1 N–H and O–H groups in total. The molecule has 0 bridgehead atoms. The van der Waals surface area contributed by atoms with Crippen LogP contribution < -0.4 is 14.8 Å². The molecule has 0 saturated heterocycles. The minimum Gasteiger partial charge on any atom is -0.493 e. The van der Waals surface area contributed by atoms with Gasteiger partial charge in [0, 0.05) is 6.42 Å². The summed E-state index contributed by atoms with van der Waals surface area (Å²) in [7, 11) is 1.58. The van der Waals surface area contributed by atoms with Gasteiger partial charge < -0.3 is 14.8 Å². The van der Waals surface area contributed by atoms with E-state index in [4.69, 9.17) is 9.47 Å². The molecule has 0 fully saturated rings. The van der Waals surface area contributed by atoms with E-state index in [0.29, 0.717) is 24.5 Å². The maximum Gasteiger partial charge on any atom is 0.224 e. The molecule has 4 nitrogen and oxygen atoms in total. The van der Waals surface area contributed by atoms with Crippen molar-refractivity contribution in [2.75, 3.05) is 19.0 Å². The number of ether oxygens (including phenoxy) is 2. The molecule has 1 amide bonds. The second-order valence-corrected chi connectivity index (χ2v) is 4.95. The Morgan fingerprint density at radius 3 is 2.65 bits per heavy atom. The third kappa shape index (κ3) is 4.71. The van der Waals surface area contributed by atoms with Crippen molar-refractivity contribution in [3.8, 4) is 11.5 Å². The Morgan fingerprint density at radius 2 is 1.96 bits per heavy atom. The fraction of sp³-hybridized carbons (Fsp3) is 0.278. The maximum atomic E-state index is 13.5. The van der Waals surface area contributed by atoms with E-state index < -0.39 is 5.82 Å². The van der Waals surface area contributed by atoms with Crippen LogP contribution in [0.5, 0.6) is 11.5 Å². The Bertz CT molecular complexity index is 673. The number of halogens is 1. The summed E-state index contributed by atoms with van der Waals surface area (Å²) in [6, 6.07) is 11.7. The number of rotatable bonds is 7. The largest absolute Gasteiger partial charge is 0.493 e. The van der Waals surface area contributed by atoms with Crippen molar-refractivity contribution in [2.45, 2.75) is 19.8 Å². The molecule has 23 heavy (non-hydrogen) atoms. The van der Waals surface area contributed by atoms with Gasteiger partial charge in [-0.15, -0.1) is 0 Å². The normalized spacial score (nSPS) is 10.2. The van der Waals surface area contributed by atoms with Crippen LogP contribution in [0.4, 0.5) is 10.1 Å². The molecule has 0 aliphatic carbocycles. The third-order valence-electron chi connectivity index (χ3n) is 3.32. The number of methoxy groups -OCH3 is 1. The standard InChI is InChI=1S/C18H20FNO3/c1-3-23-16-10-8-13(12-17(16)22-2)9-11-18(21)20-15-7-5-4-6-14(15)19/h4-8,10,12H,3,9,11H2,1-2H3,(H,20,21). The summed E-state index contributed by atoms with van der Waals surface area (Å²) in [5, 5.41) is 2.57. The molecule has 0 atom stereocenters. The zero-order valence-electron chi connectivity index (χ0n) is 13.3. The summed E-state index contributed by atoms with van der Waals surface area (Å²) < 4.78 is 24.2. The van der Waals surface area contributed by atoms with Gasteiger partial charge in [0.25, 0.3) is 0 Å². The number of benzene rings is 2. The molecule has 0 radical (unpaired) electrons. The van der Waals surface area contributed by atoms with Crippen LogP contribution in [0.3, 0.4) is 0 Å². The molecule has 2 aromatic carbocycles. The average Bonchev–Trinajstić information content (AvgIpc) is 2.56. The summed E-state index contributed by atoms with van der Waals surface area (Å²) in [4.78, 5) is 11.9. The van der Waals surface area contributed by atoms with Crippen LogP contribution in [0, 0.1) is 5.82 Å². The smallest absolute Gasteiger partial charge is 0.224 e. The second-order valence-electron chi connectivity index (χ2n) is 4.95. The van der Waals surface area contributed by atoms with Gasteiger partial charge >= 0.3 is 0 Å². The molecule has 5 heteroatoms. The maximum absolute atomic E-state index is 13.5. The fourth-order valence-electron chi connectivity index (χ4n) is 2.18. The zero-order chi connectivity index (χ0) is 16.7. The Balaban J connectivity index is 1.95. The molecule has 0 aromatic heterocycles. The lowest BCUT2D eigenvalue weighted by molar-refractivity contribution is -0.116. The van der Waals surface area contributed by atoms with Gasteiger partial charge in [-0.05, 0) is 43.2 Å². The van der Waals surface area contributed by atoms with Crippen LogP contribution in [0.15, 0.2) is 42.5 Å². The lowest BCUT2D eigenvalue weighted by Gasteiger charge is -2.11. The minimum atomic E-state index is -0.441. The lowest BCUT2D eigenvalue weighted by Crippen LogP contribution is -2.13. The van der Waals surface area contributed by atoms with E-state index >= 15 is 0 Å². The Hall–Kier alpha value is -2.56. The zero-order valence-corrected chi connectivity index (χ0v) is 13.3. The molecule has 2 rings (SSSR count). The number of anilines is 1. The minimum absolute atomic E-state index is 0.196. The molecule has 0 unspecified atom stereocenters. The molecule has 0 aliphatic heterocycles. The van der Waals surface area contributed by atoms with Crippen molar-refractivity contribution < 1.29 is 18.7 Å². The fourth-order valence-corrected chi connectivity index (χ4v) is 2.18. The van der Waals surface area contributed by atoms with E-state index in [1.807, 2.05) is 25.1 Å². The predicted molar refractivity (Wildman–Crippen MR) is 87.5 cm³/mol. The monoisotopic (exact) mass is 317 g/mol. The summed E-state index contributed by atoms with van der Waals surface area (Å²) in [6.45, 7) is 2.46. The number of hydrogen-bond donors (Lipinski definition) is 1. The van der Waals surface area contributed by atoms with E-state index in [1.165, 1.54) is 12.1 Å². The lowest BCUT2D eigenvalue weighted by atomic mass is 10.1. The highest BCUT2D eigenvalue weighted by Gasteiger charge is 2.09. The quantitative estimate of drug-likeness (QED) is 0.845. The van der Waals surface area contributed by atoms with Gasteiger partial charge in [-0.3, -0.25) is 4.79 Å². The molecule has 0 spiro atoms. The average molecular weight is 317 g/mol. The van der Waals surface area contributed by atoms with Gasteiger partial charge in [-0.1, -0.05) is 18.2 Å². The van der Waals surface area contributed by atoms with E-state index in [9.17, 15) is 9.18 Å². The number of amides is 1. The van der Waals surface area contributed by atoms with E-state index in [0.717, 1.165) is 5.56 Å². The summed E-state index contributed by atoms with van der Waals surface area (Å²) >= 11 is 0. The molecule has 0 aliphatic rings. The Labute approximate surface area is 135 Å². The molecule has 122 valence electrons. The van der Waals surface area contributed by atoms with E-state index in [1.54, 1.807) is 19.2 Å². The number of aryl methyl sites for hydroxylation is 1. The topological polar surface area (TPSA) is 47.6 Å². The Kier molecular flexibility index (Phi) is 5.97. The highest BCUT2D eigenvalue weighted by molar-refractivity contribution is 5.90. The highest BCUT2D eigenvalue weighted by atomic mass is 19.1. The van der Waals surface area contributed by atoms with Crippen LogP contribution in [0.1, 0.15) is 18.9 Å². The molecular formula is C18H20FNO3. The first-order valence-corrected chi connectivity index (χ1v) is 7.48. The predicted octanol–water partition coefficient (Wildman–Crippen LogP) is 3.80. The van der Waals surface area contributed by atoms with Crippen LogP contribution in [-0.2, 0) is 11.2 Å². The molecule has 0 saturated carbocycles. The number of para-hydroxylation sites is 1. The Morgan fingerprint density at radius 1 is 1.17 bits per heavy atom. The van der Waals surface area contributed by atoms with Crippen LogP contribution in [0.2, 0.25) is 0 Å². The summed E-state index contributed by atoms with van der Waals surface area (Å²) in [6.07, 6.45) is 0.786. The molecular weight excluding hydrogens is 297 g/mol. The van der Waals surface area contributed by atoms with Crippen LogP contribution in [0.25, 0.3) is 0 Å². The first kappa shape index (κ1) is 16.8. The van der Waals surface area contributed by atoms with Gasteiger partial charge in [0.1, 0.15) is 5.82 Å². The summed E-state index contributed by atoms with van der Waals surface area (Å²) in [5.74, 6) is 0.639. The van der Waals surface area contributed by atoms with Crippen molar-refractivity contribution in [3.05, 3.63) is 53.8 Å². The van der Waals surface area contributed by atoms with Gasteiger partial charge in [0.15, 0.2) is 11.5 Å². The first-order valence-electron chi connectivity index (χ1n) is 7.48. The van der Waals surface area contributed by atoms with Crippen molar-refractivity contribution in [3.63, 3.8) is 0 Å². The second kappa shape index (κ2) is 8.17. The van der Waals surface area contributed by atoms with Gasteiger partial charge in [-0.2, -0.15) is 0 Å². The summed E-state index contributed by atoms with van der Waals surface area (Å²) in [5.41, 5.74) is 1.15. The first-order chi connectivity index (χ1) is 11.1. The van der Waals surface area contributed by atoms with E-state index in [-0.39, 0.29) is 18.0 Å². The SMILES string of the molecule is CCOc1ccc(CCC(=O)Nc2ccccc2F)cc1OC. The van der Waals surface area contributed by atoms with Gasteiger partial charge in [0.05, 0.1) is 19.4 Å². The van der Waals surface area contributed by atoms with Gasteiger partial charge in [0.2, 0.25) is 5.91 Å². The number of nitrogens with one attached hydrogen (secondary N) is 1. The molecule has 0 heterocycles. The van der Waals surface area contributed by atoms with Crippen molar-refractivity contribution in [2.24, 2.45) is 0 Å². The van der Waals surface area contributed by atoms with Crippen molar-refractivity contribution in [1.29, 1.82) is 0 Å². The van der Waals surface area contributed by atoms with Crippen molar-refractivity contribution >= 4 is 11.6 Å². The van der Waals surface area contributed by atoms with Crippen LogP contribution in [-0.4, -0.2) is 19.6 Å². The number of carbonyl (C=O) groups excluding carboxylic acids is 1. The number of hydrogen-bond acceptors (Lipinski definition) is 3. The van der Waals surface area contributed by atoms with Crippen LogP contribution >= 0.6 is 0 Å².